The van der Waals surface area contributed by atoms with Gasteiger partial charge < -0.3 is 19.4 Å². The predicted molar refractivity (Wildman–Crippen MR) is 112 cm³/mol. The standard InChI is InChI=1S/C22H36N4O2/c1-18-5-2-3-7-21(18)24-22(23-10-8-20-6-4-14-28-20)26-11-9-19(17-26)25-12-15-27-16-13-25/h4,6,14,18-19,21H,2-3,5,7-13,15-17H2,1H3,(H,23,24). The summed E-state index contributed by atoms with van der Waals surface area (Å²) in [5.41, 5.74) is 0. The highest BCUT2D eigenvalue weighted by Gasteiger charge is 2.32. The van der Waals surface area contributed by atoms with E-state index in [2.05, 4.69) is 22.0 Å². The first-order valence-electron chi connectivity index (χ1n) is 11.2. The minimum Gasteiger partial charge on any atom is -0.469 e. The van der Waals surface area contributed by atoms with Gasteiger partial charge in [0.25, 0.3) is 0 Å². The van der Waals surface area contributed by atoms with E-state index in [0.717, 1.165) is 70.0 Å². The summed E-state index contributed by atoms with van der Waals surface area (Å²) in [6.07, 6.45) is 9.12. The molecule has 6 heteroatoms. The number of likely N-dealkylation sites (tertiary alicyclic amines) is 1. The highest BCUT2D eigenvalue weighted by atomic mass is 16.5. The van der Waals surface area contributed by atoms with E-state index >= 15 is 0 Å². The molecule has 28 heavy (non-hydrogen) atoms. The monoisotopic (exact) mass is 388 g/mol. The third-order valence-corrected chi connectivity index (χ3v) is 6.65. The number of nitrogens with zero attached hydrogens (tertiary/aromatic N) is 3. The fourth-order valence-corrected chi connectivity index (χ4v) is 4.84. The van der Waals surface area contributed by atoms with E-state index in [1.165, 1.54) is 32.1 Å². The number of aliphatic imine (C=N–C) groups is 1. The predicted octanol–water partition coefficient (Wildman–Crippen LogP) is 2.75. The van der Waals surface area contributed by atoms with E-state index in [1.54, 1.807) is 6.26 Å². The molecular weight excluding hydrogens is 352 g/mol. The zero-order valence-corrected chi connectivity index (χ0v) is 17.3. The van der Waals surface area contributed by atoms with Gasteiger partial charge in [-0.1, -0.05) is 19.8 Å². The molecule has 156 valence electrons. The van der Waals surface area contributed by atoms with E-state index in [1.807, 2.05) is 12.1 Å². The van der Waals surface area contributed by atoms with Gasteiger partial charge in [-0.2, -0.15) is 0 Å². The van der Waals surface area contributed by atoms with Crippen LogP contribution in [-0.4, -0.2) is 73.8 Å². The molecule has 0 bridgehead atoms. The van der Waals surface area contributed by atoms with Crippen LogP contribution in [0.4, 0.5) is 0 Å². The number of furan rings is 1. The Labute approximate surface area is 169 Å². The van der Waals surface area contributed by atoms with Crippen molar-refractivity contribution in [1.29, 1.82) is 0 Å². The third-order valence-electron chi connectivity index (χ3n) is 6.65. The zero-order valence-electron chi connectivity index (χ0n) is 17.3. The molecule has 1 aliphatic carbocycles. The Bertz CT molecular complexity index is 612. The highest BCUT2D eigenvalue weighted by Crippen LogP contribution is 2.25. The fourth-order valence-electron chi connectivity index (χ4n) is 4.84. The molecule has 3 aliphatic rings. The maximum Gasteiger partial charge on any atom is 0.194 e. The topological polar surface area (TPSA) is 53.2 Å². The van der Waals surface area contributed by atoms with Crippen LogP contribution in [0.15, 0.2) is 27.8 Å². The third kappa shape index (κ3) is 5.09. The van der Waals surface area contributed by atoms with Crippen LogP contribution in [-0.2, 0) is 11.2 Å². The fraction of sp³-hybridized carbons (Fsp3) is 0.773. The molecule has 0 amide bonds. The summed E-state index contributed by atoms with van der Waals surface area (Å²) in [5.74, 6) is 2.85. The second-order valence-corrected chi connectivity index (χ2v) is 8.58. The summed E-state index contributed by atoms with van der Waals surface area (Å²) in [6, 6.07) is 5.18. The zero-order chi connectivity index (χ0) is 19.2. The van der Waals surface area contributed by atoms with E-state index in [4.69, 9.17) is 14.1 Å². The number of morpholine rings is 1. The second kappa shape index (κ2) is 9.79. The molecular formula is C22H36N4O2. The van der Waals surface area contributed by atoms with Gasteiger partial charge in [-0.15, -0.1) is 0 Å². The average Bonchev–Trinajstić information content (AvgIpc) is 3.42. The summed E-state index contributed by atoms with van der Waals surface area (Å²) in [6.45, 7) is 9.21. The first kappa shape index (κ1) is 19.8. The molecule has 2 saturated heterocycles. The lowest BCUT2D eigenvalue weighted by atomic mass is 9.86. The SMILES string of the molecule is CC1CCCCC1NC(=NCCc1ccco1)N1CCC(N2CCOCC2)C1. The molecule has 3 unspecified atom stereocenters. The highest BCUT2D eigenvalue weighted by molar-refractivity contribution is 5.80. The lowest BCUT2D eigenvalue weighted by Crippen LogP contribution is -2.50. The van der Waals surface area contributed by atoms with E-state index < -0.39 is 0 Å². The lowest BCUT2D eigenvalue weighted by molar-refractivity contribution is 0.0194. The molecule has 3 heterocycles. The van der Waals surface area contributed by atoms with Crippen molar-refractivity contribution in [2.45, 2.75) is 57.5 Å². The van der Waals surface area contributed by atoms with Crippen molar-refractivity contribution in [3.05, 3.63) is 24.2 Å². The van der Waals surface area contributed by atoms with Crippen LogP contribution in [0.3, 0.4) is 0 Å². The molecule has 6 nitrogen and oxygen atoms in total. The summed E-state index contributed by atoms with van der Waals surface area (Å²) < 4.78 is 11.0. The molecule has 1 aromatic heterocycles. The van der Waals surface area contributed by atoms with Gasteiger partial charge in [-0.3, -0.25) is 9.89 Å². The summed E-state index contributed by atoms with van der Waals surface area (Å²) in [7, 11) is 0. The second-order valence-electron chi connectivity index (χ2n) is 8.58. The number of hydrogen-bond acceptors (Lipinski definition) is 4. The molecule has 3 atom stereocenters. The Kier molecular flexibility index (Phi) is 6.91. The summed E-state index contributed by atoms with van der Waals surface area (Å²) in [4.78, 5) is 10.1. The molecule has 0 spiro atoms. The number of hydrogen-bond donors (Lipinski definition) is 1. The van der Waals surface area contributed by atoms with Crippen molar-refractivity contribution >= 4 is 5.96 Å². The van der Waals surface area contributed by atoms with Crippen molar-refractivity contribution in [1.82, 2.24) is 15.1 Å². The van der Waals surface area contributed by atoms with Gasteiger partial charge in [-0.05, 0) is 37.3 Å². The quantitative estimate of drug-likeness (QED) is 0.621. The Morgan fingerprint density at radius 3 is 2.82 bits per heavy atom. The normalized spacial score (nSPS) is 30.0. The van der Waals surface area contributed by atoms with Crippen LogP contribution in [0.5, 0.6) is 0 Å². The first-order valence-corrected chi connectivity index (χ1v) is 11.2. The number of rotatable bonds is 5. The van der Waals surface area contributed by atoms with Crippen LogP contribution in [0.2, 0.25) is 0 Å². The van der Waals surface area contributed by atoms with Crippen molar-refractivity contribution in [3.8, 4) is 0 Å². The Morgan fingerprint density at radius 2 is 2.04 bits per heavy atom. The van der Waals surface area contributed by atoms with Crippen LogP contribution in [0.25, 0.3) is 0 Å². The molecule has 1 N–H and O–H groups in total. The van der Waals surface area contributed by atoms with Gasteiger partial charge >= 0.3 is 0 Å². The molecule has 2 aliphatic heterocycles. The van der Waals surface area contributed by atoms with Gasteiger partial charge in [0.05, 0.1) is 19.5 Å². The molecule has 4 rings (SSSR count). The van der Waals surface area contributed by atoms with Gasteiger partial charge in [-0.25, -0.2) is 0 Å². The van der Waals surface area contributed by atoms with Crippen molar-refractivity contribution in [2.24, 2.45) is 10.9 Å². The maximum absolute atomic E-state index is 5.53. The van der Waals surface area contributed by atoms with Gasteiger partial charge in [0.15, 0.2) is 5.96 Å². The Hall–Kier alpha value is -1.53. The maximum atomic E-state index is 5.53. The number of ether oxygens (including phenoxy) is 1. The molecule has 0 radical (unpaired) electrons. The van der Waals surface area contributed by atoms with Crippen molar-refractivity contribution < 1.29 is 9.15 Å². The summed E-state index contributed by atoms with van der Waals surface area (Å²) >= 11 is 0. The molecule has 3 fully saturated rings. The van der Waals surface area contributed by atoms with Crippen LogP contribution in [0, 0.1) is 5.92 Å². The van der Waals surface area contributed by atoms with Crippen LogP contribution < -0.4 is 5.32 Å². The molecule has 0 aromatic carbocycles. The van der Waals surface area contributed by atoms with Gasteiger partial charge in [0.1, 0.15) is 5.76 Å². The largest absolute Gasteiger partial charge is 0.469 e. The van der Waals surface area contributed by atoms with E-state index in [0.29, 0.717) is 12.1 Å². The van der Waals surface area contributed by atoms with Crippen molar-refractivity contribution in [2.75, 3.05) is 45.9 Å². The van der Waals surface area contributed by atoms with Crippen LogP contribution >= 0.6 is 0 Å². The smallest absolute Gasteiger partial charge is 0.194 e. The Balaban J connectivity index is 1.39. The first-order chi connectivity index (χ1) is 13.8. The van der Waals surface area contributed by atoms with E-state index in [9.17, 15) is 0 Å². The Morgan fingerprint density at radius 1 is 1.18 bits per heavy atom. The number of nitrogens with one attached hydrogen (secondary N) is 1. The van der Waals surface area contributed by atoms with Crippen LogP contribution in [0.1, 0.15) is 44.8 Å². The van der Waals surface area contributed by atoms with Crippen molar-refractivity contribution in [3.63, 3.8) is 0 Å². The molecule has 1 aromatic rings. The van der Waals surface area contributed by atoms with Gasteiger partial charge in [0, 0.05) is 51.2 Å². The minimum absolute atomic E-state index is 0.554. The molecule has 1 saturated carbocycles. The number of guanidine groups is 1. The average molecular weight is 389 g/mol. The van der Waals surface area contributed by atoms with E-state index in [-0.39, 0.29) is 0 Å². The summed E-state index contributed by atoms with van der Waals surface area (Å²) in [5, 5.41) is 3.85. The van der Waals surface area contributed by atoms with Gasteiger partial charge in [0.2, 0.25) is 0 Å². The lowest BCUT2D eigenvalue weighted by Gasteiger charge is -2.34. The minimum atomic E-state index is 0.554.